The number of rotatable bonds is 5. The van der Waals surface area contributed by atoms with Gasteiger partial charge >= 0.3 is 6.03 Å². The van der Waals surface area contributed by atoms with E-state index in [1.54, 1.807) is 0 Å². The van der Waals surface area contributed by atoms with Crippen molar-refractivity contribution in [3.05, 3.63) is 11.6 Å². The molecule has 0 spiro atoms. The number of aryl methyl sites for hydroxylation is 2. The molecule has 2 aliphatic rings. The van der Waals surface area contributed by atoms with Crippen LogP contribution in [0.15, 0.2) is 4.99 Å². The van der Waals surface area contributed by atoms with Crippen LogP contribution in [0.2, 0.25) is 0 Å². The fourth-order valence-corrected chi connectivity index (χ4v) is 3.01. The summed E-state index contributed by atoms with van der Waals surface area (Å²) in [7, 11) is 0. The normalized spacial score (nSPS) is 19.7. The van der Waals surface area contributed by atoms with Crippen molar-refractivity contribution in [3.8, 4) is 0 Å². The molecule has 0 saturated carbocycles. The van der Waals surface area contributed by atoms with Crippen LogP contribution in [-0.4, -0.2) is 69.8 Å². The van der Waals surface area contributed by atoms with Crippen molar-refractivity contribution in [2.24, 2.45) is 4.99 Å². The van der Waals surface area contributed by atoms with Gasteiger partial charge in [-0.15, -0.1) is 24.0 Å². The smallest absolute Gasteiger partial charge is 0.324 e. The lowest BCUT2D eigenvalue weighted by Crippen LogP contribution is -2.47. The average Bonchev–Trinajstić information content (AvgIpc) is 3.10. The molecule has 0 radical (unpaired) electrons. The van der Waals surface area contributed by atoms with Crippen molar-refractivity contribution in [2.45, 2.75) is 39.3 Å². The van der Waals surface area contributed by atoms with E-state index in [4.69, 9.17) is 0 Å². The van der Waals surface area contributed by atoms with Gasteiger partial charge in [0.2, 0.25) is 5.91 Å². The number of fused-ring (bicyclic) bond motifs is 1. The molecule has 0 aliphatic carbocycles. The molecule has 3 N–H and O–H groups in total. The Balaban J connectivity index is 0.00000243. The minimum atomic E-state index is -0.348. The number of hydrogen-bond acceptors (Lipinski definition) is 5. The minimum absolute atomic E-state index is 0. The van der Waals surface area contributed by atoms with Crippen LogP contribution < -0.4 is 16.0 Å². The Morgan fingerprint density at radius 2 is 2.23 bits per heavy atom. The number of aromatic nitrogens is 3. The van der Waals surface area contributed by atoms with Crippen molar-refractivity contribution in [2.75, 3.05) is 26.2 Å². The lowest BCUT2D eigenvalue weighted by Gasteiger charge is -2.25. The third-order valence-corrected chi connectivity index (χ3v) is 4.18. The monoisotopic (exact) mass is 476 g/mol. The Hall–Kier alpha value is -1.92. The van der Waals surface area contributed by atoms with Crippen molar-refractivity contribution >= 4 is 41.9 Å². The molecule has 1 saturated heterocycles. The van der Waals surface area contributed by atoms with E-state index in [1.165, 1.54) is 4.90 Å². The third-order valence-electron chi connectivity index (χ3n) is 4.18. The number of carbonyl (C=O) groups is 2. The minimum Gasteiger partial charge on any atom is -0.357 e. The molecule has 144 valence electrons. The third kappa shape index (κ3) is 4.83. The number of nitrogens with one attached hydrogen (secondary N) is 3. The van der Waals surface area contributed by atoms with Gasteiger partial charge in [-0.05, 0) is 20.3 Å². The molecule has 11 heteroatoms. The summed E-state index contributed by atoms with van der Waals surface area (Å²) in [6.07, 6.45) is 1.83. The molecule has 1 fully saturated rings. The summed E-state index contributed by atoms with van der Waals surface area (Å²) in [5.41, 5.74) is 0. The highest BCUT2D eigenvalue weighted by Crippen LogP contribution is 2.12. The van der Waals surface area contributed by atoms with E-state index in [1.807, 2.05) is 18.5 Å². The summed E-state index contributed by atoms with van der Waals surface area (Å²) in [5, 5.41) is 13.5. The maximum absolute atomic E-state index is 11.6. The van der Waals surface area contributed by atoms with Gasteiger partial charge in [0.25, 0.3) is 0 Å². The number of imide groups is 1. The number of guanidine groups is 1. The van der Waals surface area contributed by atoms with Gasteiger partial charge in [0.15, 0.2) is 5.96 Å². The molecule has 1 aromatic rings. The number of amides is 3. The number of nitrogens with zero attached hydrogens (tertiary/aromatic N) is 5. The number of urea groups is 1. The van der Waals surface area contributed by atoms with Crippen LogP contribution in [0, 0.1) is 6.92 Å². The number of aliphatic imine (C=N–C) groups is 1. The Morgan fingerprint density at radius 1 is 1.42 bits per heavy atom. The molecule has 3 heterocycles. The fraction of sp³-hybridized carbons (Fsp3) is 0.667. The highest BCUT2D eigenvalue weighted by Gasteiger charge is 2.27. The summed E-state index contributed by atoms with van der Waals surface area (Å²) in [6, 6.07) is -0.136. The van der Waals surface area contributed by atoms with Crippen LogP contribution in [0.4, 0.5) is 4.79 Å². The predicted molar refractivity (Wildman–Crippen MR) is 107 cm³/mol. The van der Waals surface area contributed by atoms with Gasteiger partial charge in [0, 0.05) is 19.0 Å². The first kappa shape index (κ1) is 20.4. The highest BCUT2D eigenvalue weighted by atomic mass is 127. The summed E-state index contributed by atoms with van der Waals surface area (Å²) in [6.45, 7) is 6.07. The molecule has 1 unspecified atom stereocenters. The number of carbonyl (C=O) groups excluding carboxylic acids is 2. The van der Waals surface area contributed by atoms with E-state index in [9.17, 15) is 9.59 Å². The zero-order valence-corrected chi connectivity index (χ0v) is 17.3. The predicted octanol–water partition coefficient (Wildman–Crippen LogP) is -0.374. The Labute approximate surface area is 169 Å². The van der Waals surface area contributed by atoms with Crippen molar-refractivity contribution in [1.29, 1.82) is 0 Å². The van der Waals surface area contributed by atoms with E-state index < -0.39 is 0 Å². The second kappa shape index (κ2) is 9.14. The zero-order valence-electron chi connectivity index (χ0n) is 15.0. The summed E-state index contributed by atoms with van der Waals surface area (Å²) in [5.74, 6) is 2.29. The second-order valence-electron chi connectivity index (χ2n) is 6.10. The highest BCUT2D eigenvalue weighted by molar-refractivity contribution is 14.0. The molecule has 1 atom stereocenters. The van der Waals surface area contributed by atoms with E-state index in [-0.39, 0.29) is 55.0 Å². The molecule has 10 nitrogen and oxygen atoms in total. The van der Waals surface area contributed by atoms with Gasteiger partial charge < -0.3 is 16.0 Å². The summed E-state index contributed by atoms with van der Waals surface area (Å²) in [4.78, 5) is 33.2. The van der Waals surface area contributed by atoms with Crippen LogP contribution in [0.25, 0.3) is 0 Å². The quantitative estimate of drug-likeness (QED) is 0.231. The van der Waals surface area contributed by atoms with Crippen LogP contribution in [-0.2, 0) is 17.8 Å². The molecule has 3 amide bonds. The largest absolute Gasteiger partial charge is 0.357 e. The standard InChI is InChI=1S/C15H24N8O2.HI/c1-3-16-14(17-6-7-22-13(24)8-18-15(22)25)20-11-4-5-12-19-10(2)21-23(12)9-11;/h11H,3-9H2,1-2H3,(H,18,25)(H2,16,17,20);1H. The number of hydrogen-bond donors (Lipinski definition) is 3. The molecule has 26 heavy (non-hydrogen) atoms. The topological polar surface area (TPSA) is 117 Å². The summed E-state index contributed by atoms with van der Waals surface area (Å²) < 4.78 is 1.94. The van der Waals surface area contributed by atoms with Crippen LogP contribution in [0.1, 0.15) is 25.0 Å². The van der Waals surface area contributed by atoms with Crippen molar-refractivity contribution in [1.82, 2.24) is 35.6 Å². The van der Waals surface area contributed by atoms with Gasteiger partial charge in [0.1, 0.15) is 11.6 Å². The summed E-state index contributed by atoms with van der Waals surface area (Å²) >= 11 is 0. The van der Waals surface area contributed by atoms with Gasteiger partial charge in [-0.2, -0.15) is 5.10 Å². The molecule has 0 aromatic carbocycles. The first-order valence-electron chi connectivity index (χ1n) is 8.60. The van der Waals surface area contributed by atoms with Gasteiger partial charge in [-0.1, -0.05) is 0 Å². The van der Waals surface area contributed by atoms with Gasteiger partial charge in [-0.25, -0.2) is 14.5 Å². The van der Waals surface area contributed by atoms with E-state index in [2.05, 4.69) is 31.0 Å². The Bertz CT molecular complexity index is 673. The van der Waals surface area contributed by atoms with Crippen LogP contribution in [0.3, 0.4) is 0 Å². The first-order valence-corrected chi connectivity index (χ1v) is 8.60. The van der Waals surface area contributed by atoms with Crippen LogP contribution in [0.5, 0.6) is 0 Å². The van der Waals surface area contributed by atoms with Crippen molar-refractivity contribution in [3.63, 3.8) is 0 Å². The molecule has 3 rings (SSSR count). The zero-order chi connectivity index (χ0) is 17.8. The maximum Gasteiger partial charge on any atom is 0.324 e. The van der Waals surface area contributed by atoms with Crippen molar-refractivity contribution < 1.29 is 9.59 Å². The van der Waals surface area contributed by atoms with E-state index >= 15 is 0 Å². The van der Waals surface area contributed by atoms with Gasteiger partial charge in [0.05, 0.1) is 26.2 Å². The van der Waals surface area contributed by atoms with Crippen LogP contribution >= 0.6 is 24.0 Å². The number of halogens is 1. The second-order valence-corrected chi connectivity index (χ2v) is 6.10. The van der Waals surface area contributed by atoms with Gasteiger partial charge in [-0.3, -0.25) is 14.7 Å². The Morgan fingerprint density at radius 3 is 2.92 bits per heavy atom. The SMILES string of the molecule is CCNC(=NCCN1C(=O)CNC1=O)NC1CCc2nc(C)nn2C1.I. The maximum atomic E-state index is 11.6. The molecule has 1 aromatic heterocycles. The van der Waals surface area contributed by atoms with E-state index in [0.717, 1.165) is 37.6 Å². The van der Waals surface area contributed by atoms with E-state index in [0.29, 0.717) is 12.5 Å². The molecule has 0 bridgehead atoms. The fourth-order valence-electron chi connectivity index (χ4n) is 3.01. The first-order chi connectivity index (χ1) is 12.1. The molecule has 2 aliphatic heterocycles. The average molecular weight is 476 g/mol. The molecular weight excluding hydrogens is 451 g/mol. The lowest BCUT2D eigenvalue weighted by molar-refractivity contribution is -0.124. The Kier molecular flexibility index (Phi) is 7.17. The molecular formula is C15H25IN8O2. The lowest BCUT2D eigenvalue weighted by atomic mass is 10.1.